The second-order valence-corrected chi connectivity index (χ2v) is 4.21. The molecule has 1 aromatic rings. The maximum Gasteiger partial charge on any atom is 0.491 e. The molecule has 0 aromatic heterocycles. The minimum atomic E-state index is -0.876. The van der Waals surface area contributed by atoms with E-state index in [0.29, 0.717) is 19.6 Å². The van der Waals surface area contributed by atoms with Crippen LogP contribution in [0, 0.1) is 0 Å². The summed E-state index contributed by atoms with van der Waals surface area (Å²) in [6, 6.07) is 4.84. The van der Waals surface area contributed by atoms with Gasteiger partial charge in [-0.3, -0.25) is 4.79 Å². The maximum atomic E-state index is 11.5. The third-order valence-electron chi connectivity index (χ3n) is 2.99. The second kappa shape index (κ2) is 5.52. The zero-order valence-corrected chi connectivity index (χ0v) is 10.3. The summed E-state index contributed by atoms with van der Waals surface area (Å²) < 4.78 is 10.0. The van der Waals surface area contributed by atoms with Crippen LogP contribution >= 0.6 is 0 Å². The van der Waals surface area contributed by atoms with Gasteiger partial charge in [0.1, 0.15) is 6.04 Å². The van der Waals surface area contributed by atoms with Gasteiger partial charge in [0.05, 0.1) is 13.2 Å². The molecule has 1 aliphatic rings. The first-order valence-corrected chi connectivity index (χ1v) is 5.96. The average Bonchev–Trinajstić information content (AvgIpc) is 2.73. The van der Waals surface area contributed by atoms with Crippen molar-refractivity contribution < 1.29 is 19.2 Å². The fourth-order valence-electron chi connectivity index (χ4n) is 2.07. The molecule has 1 aromatic carbocycles. The predicted molar refractivity (Wildman–Crippen MR) is 67.2 cm³/mol. The molecule has 0 saturated heterocycles. The van der Waals surface area contributed by atoms with Gasteiger partial charge in [-0.1, -0.05) is 18.2 Å². The Hall–Kier alpha value is -1.37. The van der Waals surface area contributed by atoms with E-state index in [0.717, 1.165) is 16.6 Å². The monoisotopic (exact) mass is 249 g/mol. The van der Waals surface area contributed by atoms with Crippen LogP contribution in [0.2, 0.25) is 0 Å². The van der Waals surface area contributed by atoms with Crippen LogP contribution in [0.15, 0.2) is 18.2 Å². The summed E-state index contributed by atoms with van der Waals surface area (Å²) in [7, 11) is -0.876. The third kappa shape index (κ3) is 2.55. The highest BCUT2D eigenvalue weighted by atomic mass is 16.5. The van der Waals surface area contributed by atoms with Gasteiger partial charge in [0.25, 0.3) is 0 Å². The van der Waals surface area contributed by atoms with Crippen LogP contribution in [-0.4, -0.2) is 30.8 Å². The third-order valence-corrected chi connectivity index (χ3v) is 2.99. The lowest BCUT2D eigenvalue weighted by Crippen LogP contribution is -2.35. The van der Waals surface area contributed by atoms with Crippen molar-refractivity contribution in [1.82, 2.24) is 0 Å². The van der Waals surface area contributed by atoms with Gasteiger partial charge in [0.15, 0.2) is 0 Å². The molecule has 1 atom stereocenters. The van der Waals surface area contributed by atoms with Crippen LogP contribution in [0.25, 0.3) is 0 Å². The molecular weight excluding hydrogens is 233 g/mol. The molecule has 0 saturated carbocycles. The summed E-state index contributed by atoms with van der Waals surface area (Å²) in [5, 5.41) is 9.59. The molecule has 0 aliphatic carbocycles. The Morgan fingerprint density at radius 1 is 1.67 bits per heavy atom. The predicted octanol–water partition coefficient (Wildman–Crippen LogP) is -0.663. The SMILES string of the molecule is CCOC(=O)[C@@H](N)Cc1cccc2c1COB2O. The van der Waals surface area contributed by atoms with Crippen LogP contribution < -0.4 is 11.2 Å². The number of rotatable bonds is 4. The molecule has 96 valence electrons. The Morgan fingerprint density at radius 2 is 2.44 bits per heavy atom. The number of carbonyl (C=O) groups excluding carboxylic acids is 1. The molecule has 6 heteroatoms. The Labute approximate surface area is 106 Å². The maximum absolute atomic E-state index is 11.5. The van der Waals surface area contributed by atoms with Crippen molar-refractivity contribution in [2.24, 2.45) is 5.73 Å². The molecule has 0 spiro atoms. The molecule has 18 heavy (non-hydrogen) atoms. The van der Waals surface area contributed by atoms with Crippen LogP contribution in [0.5, 0.6) is 0 Å². The topological polar surface area (TPSA) is 81.8 Å². The summed E-state index contributed by atoms with van der Waals surface area (Å²) in [5.74, 6) is -0.408. The van der Waals surface area contributed by atoms with Gasteiger partial charge in [-0.05, 0) is 29.9 Å². The Kier molecular flexibility index (Phi) is 4.01. The number of nitrogens with two attached hydrogens (primary N) is 1. The van der Waals surface area contributed by atoms with Crippen LogP contribution in [-0.2, 0) is 27.2 Å². The van der Waals surface area contributed by atoms with Gasteiger partial charge in [-0.15, -0.1) is 0 Å². The van der Waals surface area contributed by atoms with Gasteiger partial charge < -0.3 is 20.1 Å². The lowest BCUT2D eigenvalue weighted by molar-refractivity contribution is -0.144. The van der Waals surface area contributed by atoms with E-state index in [-0.39, 0.29) is 0 Å². The first-order chi connectivity index (χ1) is 8.63. The molecule has 0 amide bonds. The van der Waals surface area contributed by atoms with E-state index >= 15 is 0 Å². The van der Waals surface area contributed by atoms with E-state index < -0.39 is 19.1 Å². The highest BCUT2D eigenvalue weighted by molar-refractivity contribution is 6.61. The minimum Gasteiger partial charge on any atom is -0.465 e. The van der Waals surface area contributed by atoms with Crippen LogP contribution in [0.1, 0.15) is 18.1 Å². The summed E-state index contributed by atoms with van der Waals surface area (Å²) >= 11 is 0. The van der Waals surface area contributed by atoms with Crippen molar-refractivity contribution in [3.63, 3.8) is 0 Å². The summed E-state index contributed by atoms with van der Waals surface area (Å²) in [6.07, 6.45) is 0.387. The molecule has 3 N–H and O–H groups in total. The van der Waals surface area contributed by atoms with Gasteiger partial charge in [-0.25, -0.2) is 0 Å². The summed E-state index contributed by atoms with van der Waals surface area (Å²) in [5.41, 5.74) is 8.38. The lowest BCUT2D eigenvalue weighted by Gasteiger charge is -2.13. The van der Waals surface area contributed by atoms with Gasteiger partial charge in [-0.2, -0.15) is 0 Å². The van der Waals surface area contributed by atoms with Crippen molar-refractivity contribution in [3.8, 4) is 0 Å². The zero-order chi connectivity index (χ0) is 13.1. The second-order valence-electron chi connectivity index (χ2n) is 4.21. The molecule has 0 fully saturated rings. The standard InChI is InChI=1S/C12H16BNO4/c1-2-17-12(15)11(14)6-8-4-3-5-10-9(8)7-18-13(10)16/h3-5,11,16H,2,6-7,14H2,1H3/t11-/m0/s1. The van der Waals surface area contributed by atoms with Crippen LogP contribution in [0.4, 0.5) is 0 Å². The lowest BCUT2D eigenvalue weighted by atomic mass is 9.78. The van der Waals surface area contributed by atoms with E-state index in [4.69, 9.17) is 15.1 Å². The summed E-state index contributed by atoms with van der Waals surface area (Å²) in [4.78, 5) is 11.5. The molecular formula is C12H16BNO4. The number of carbonyl (C=O) groups is 1. The molecule has 5 nitrogen and oxygen atoms in total. The van der Waals surface area contributed by atoms with Crippen LogP contribution in [0.3, 0.4) is 0 Å². The van der Waals surface area contributed by atoms with Crippen molar-refractivity contribution >= 4 is 18.6 Å². The van der Waals surface area contributed by atoms with E-state index in [2.05, 4.69) is 0 Å². The molecule has 2 rings (SSSR count). The quantitative estimate of drug-likeness (QED) is 0.546. The fraction of sp³-hybridized carbons (Fsp3) is 0.417. The average molecular weight is 249 g/mol. The smallest absolute Gasteiger partial charge is 0.465 e. The normalized spacial score (nSPS) is 15.4. The minimum absolute atomic E-state index is 0.321. The highest BCUT2D eigenvalue weighted by Crippen LogP contribution is 2.16. The van der Waals surface area contributed by atoms with E-state index in [1.807, 2.05) is 18.2 Å². The van der Waals surface area contributed by atoms with Gasteiger partial charge >= 0.3 is 13.1 Å². The number of benzene rings is 1. The Morgan fingerprint density at radius 3 is 3.17 bits per heavy atom. The van der Waals surface area contributed by atoms with E-state index in [1.54, 1.807) is 6.92 Å². The van der Waals surface area contributed by atoms with Crippen molar-refractivity contribution in [2.75, 3.05) is 6.61 Å². The number of hydrogen-bond donors (Lipinski definition) is 2. The van der Waals surface area contributed by atoms with Crippen molar-refractivity contribution in [2.45, 2.75) is 26.0 Å². The summed E-state index contributed by atoms with van der Waals surface area (Å²) in [6.45, 7) is 2.42. The zero-order valence-electron chi connectivity index (χ0n) is 10.3. The molecule has 1 aliphatic heterocycles. The largest absolute Gasteiger partial charge is 0.491 e. The number of fused-ring (bicyclic) bond motifs is 1. The number of esters is 1. The molecule has 0 bridgehead atoms. The van der Waals surface area contributed by atoms with Gasteiger partial charge in [0, 0.05) is 0 Å². The molecule has 0 unspecified atom stereocenters. The highest BCUT2D eigenvalue weighted by Gasteiger charge is 2.29. The van der Waals surface area contributed by atoms with E-state index in [9.17, 15) is 9.82 Å². The Balaban J connectivity index is 2.13. The molecule has 0 radical (unpaired) electrons. The first-order valence-electron chi connectivity index (χ1n) is 5.96. The Bertz CT molecular complexity index is 452. The first kappa shape index (κ1) is 13.1. The molecule has 1 heterocycles. The van der Waals surface area contributed by atoms with Crippen molar-refractivity contribution in [1.29, 1.82) is 0 Å². The van der Waals surface area contributed by atoms with E-state index in [1.165, 1.54) is 0 Å². The van der Waals surface area contributed by atoms with Crippen molar-refractivity contribution in [3.05, 3.63) is 29.3 Å². The number of hydrogen-bond acceptors (Lipinski definition) is 5. The number of ether oxygens (including phenoxy) is 1. The van der Waals surface area contributed by atoms with Gasteiger partial charge in [0.2, 0.25) is 0 Å². The fourth-order valence-corrected chi connectivity index (χ4v) is 2.07.